The predicted molar refractivity (Wildman–Crippen MR) is 275 cm³/mol. The van der Waals surface area contributed by atoms with Crippen LogP contribution >= 0.6 is 0 Å². The highest BCUT2D eigenvalue weighted by Gasteiger charge is 2.19. The molecule has 370 valence electrons. The number of rotatable bonds is 49. The third kappa shape index (κ3) is 50.1. The maximum atomic E-state index is 12.7. The molecule has 0 aliphatic carbocycles. The van der Waals surface area contributed by atoms with Gasteiger partial charge in [-0.2, -0.15) is 0 Å². The zero-order chi connectivity index (χ0) is 46.5. The second kappa shape index (κ2) is 52.7. The minimum absolute atomic E-state index is 0.101. The molecular formula is C58H102O6. The number of hydrogen-bond acceptors (Lipinski definition) is 6. The summed E-state index contributed by atoms with van der Waals surface area (Å²) in [7, 11) is 0. The third-order valence-corrected chi connectivity index (χ3v) is 11.8. The van der Waals surface area contributed by atoms with Gasteiger partial charge in [-0.15, -0.1) is 0 Å². The largest absolute Gasteiger partial charge is 0.462 e. The van der Waals surface area contributed by atoms with Gasteiger partial charge in [-0.25, -0.2) is 0 Å². The van der Waals surface area contributed by atoms with Crippen LogP contribution in [0.5, 0.6) is 0 Å². The van der Waals surface area contributed by atoms with E-state index in [0.717, 1.165) is 64.2 Å². The fourth-order valence-electron chi connectivity index (χ4n) is 7.69. The molecule has 0 aliphatic rings. The van der Waals surface area contributed by atoms with Crippen LogP contribution in [0.1, 0.15) is 271 Å². The first-order chi connectivity index (χ1) is 31.5. The van der Waals surface area contributed by atoms with E-state index in [1.807, 2.05) is 12.2 Å². The Hall–Kier alpha value is -2.89. The van der Waals surface area contributed by atoms with Gasteiger partial charge in [0.05, 0.1) is 0 Å². The van der Waals surface area contributed by atoms with Crippen LogP contribution in [-0.2, 0) is 28.6 Å². The molecule has 0 amide bonds. The summed E-state index contributed by atoms with van der Waals surface area (Å²) in [6.45, 7) is 6.47. The van der Waals surface area contributed by atoms with E-state index in [4.69, 9.17) is 14.2 Å². The minimum Gasteiger partial charge on any atom is -0.462 e. The van der Waals surface area contributed by atoms with Crippen molar-refractivity contribution in [2.75, 3.05) is 13.2 Å². The van der Waals surface area contributed by atoms with Crippen molar-refractivity contribution in [1.29, 1.82) is 0 Å². The molecule has 0 saturated carbocycles. The highest BCUT2D eigenvalue weighted by Crippen LogP contribution is 2.15. The van der Waals surface area contributed by atoms with Crippen LogP contribution in [0.25, 0.3) is 0 Å². The molecule has 6 nitrogen and oxygen atoms in total. The van der Waals surface area contributed by atoms with E-state index in [1.54, 1.807) is 0 Å². The Morgan fingerprint density at radius 1 is 0.328 bits per heavy atom. The number of carbonyl (C=O) groups excluding carboxylic acids is 3. The maximum absolute atomic E-state index is 12.7. The maximum Gasteiger partial charge on any atom is 0.306 e. The van der Waals surface area contributed by atoms with Crippen molar-refractivity contribution in [2.45, 2.75) is 277 Å². The number of esters is 3. The van der Waals surface area contributed by atoms with Crippen LogP contribution in [-0.4, -0.2) is 37.2 Å². The summed E-state index contributed by atoms with van der Waals surface area (Å²) in [6, 6.07) is 0. The number of hydrogen-bond donors (Lipinski definition) is 0. The molecule has 0 aromatic heterocycles. The molecule has 0 bridgehead atoms. The van der Waals surface area contributed by atoms with Gasteiger partial charge in [0.25, 0.3) is 0 Å². The number of unbranched alkanes of at least 4 members (excludes halogenated alkanes) is 28. The predicted octanol–water partition coefficient (Wildman–Crippen LogP) is 18.0. The van der Waals surface area contributed by atoms with Crippen LogP contribution in [0.2, 0.25) is 0 Å². The van der Waals surface area contributed by atoms with Crippen LogP contribution < -0.4 is 0 Å². The quantitative estimate of drug-likeness (QED) is 0.0262. The van der Waals surface area contributed by atoms with Crippen LogP contribution in [0.3, 0.4) is 0 Å². The van der Waals surface area contributed by atoms with Gasteiger partial charge in [0, 0.05) is 19.3 Å². The van der Waals surface area contributed by atoms with Crippen molar-refractivity contribution >= 4 is 17.9 Å². The lowest BCUT2D eigenvalue weighted by molar-refractivity contribution is -0.166. The number of allylic oxidation sites excluding steroid dienone is 10. The average molecular weight is 895 g/mol. The van der Waals surface area contributed by atoms with Crippen molar-refractivity contribution in [3.63, 3.8) is 0 Å². The Balaban J connectivity index is 4.35. The Morgan fingerprint density at radius 3 is 1.02 bits per heavy atom. The summed E-state index contributed by atoms with van der Waals surface area (Å²) in [5, 5.41) is 0. The van der Waals surface area contributed by atoms with Gasteiger partial charge in [0.1, 0.15) is 13.2 Å². The van der Waals surface area contributed by atoms with Crippen LogP contribution in [0.4, 0.5) is 0 Å². The molecule has 0 radical (unpaired) electrons. The van der Waals surface area contributed by atoms with Gasteiger partial charge in [0.2, 0.25) is 0 Å². The molecule has 0 N–H and O–H groups in total. The summed E-state index contributed by atoms with van der Waals surface area (Å²) in [4.78, 5) is 38.0. The molecule has 1 unspecified atom stereocenters. The molecule has 1 atom stereocenters. The zero-order valence-electron chi connectivity index (χ0n) is 42.3. The van der Waals surface area contributed by atoms with Gasteiger partial charge < -0.3 is 14.2 Å². The van der Waals surface area contributed by atoms with Gasteiger partial charge in [-0.3, -0.25) is 14.4 Å². The molecular weight excluding hydrogens is 793 g/mol. The Kier molecular flexibility index (Phi) is 50.4. The van der Waals surface area contributed by atoms with Gasteiger partial charge in [-0.05, 0) is 70.6 Å². The van der Waals surface area contributed by atoms with Crippen LogP contribution in [0.15, 0.2) is 60.8 Å². The van der Waals surface area contributed by atoms with E-state index in [0.29, 0.717) is 19.3 Å². The first-order valence-corrected chi connectivity index (χ1v) is 27.3. The lowest BCUT2D eigenvalue weighted by Gasteiger charge is -2.18. The second-order valence-electron chi connectivity index (χ2n) is 18.1. The smallest absolute Gasteiger partial charge is 0.306 e. The highest BCUT2D eigenvalue weighted by atomic mass is 16.6. The molecule has 0 aromatic rings. The third-order valence-electron chi connectivity index (χ3n) is 11.8. The lowest BCUT2D eigenvalue weighted by atomic mass is 10.0. The van der Waals surface area contributed by atoms with E-state index in [1.165, 1.54) is 161 Å². The van der Waals surface area contributed by atoms with Crippen molar-refractivity contribution in [1.82, 2.24) is 0 Å². The van der Waals surface area contributed by atoms with Gasteiger partial charge in [0.15, 0.2) is 6.10 Å². The SMILES string of the molecule is CC/C=C\C/C=C\C/C=C\C/C=C\CCC(=O)OC(COC(=O)CCCCCCCCCCC/C=C\CCCCCCCCCC)COC(=O)CCCCCCCCCCCCCC. The molecule has 0 aliphatic heterocycles. The van der Waals surface area contributed by atoms with E-state index in [2.05, 4.69) is 69.4 Å². The number of ether oxygens (including phenoxy) is 3. The first-order valence-electron chi connectivity index (χ1n) is 27.3. The van der Waals surface area contributed by atoms with Crippen molar-refractivity contribution in [2.24, 2.45) is 0 Å². The molecule has 0 heterocycles. The molecule has 0 fully saturated rings. The molecule has 6 heteroatoms. The number of carbonyl (C=O) groups is 3. The molecule has 0 saturated heterocycles. The van der Waals surface area contributed by atoms with Crippen molar-refractivity contribution in [3.8, 4) is 0 Å². The van der Waals surface area contributed by atoms with Crippen molar-refractivity contribution in [3.05, 3.63) is 60.8 Å². The second-order valence-corrected chi connectivity index (χ2v) is 18.1. The van der Waals surface area contributed by atoms with Gasteiger partial charge >= 0.3 is 17.9 Å². The molecule has 0 spiro atoms. The fourth-order valence-corrected chi connectivity index (χ4v) is 7.69. The van der Waals surface area contributed by atoms with Crippen LogP contribution in [0, 0.1) is 0 Å². The summed E-state index contributed by atoms with van der Waals surface area (Å²) in [5.41, 5.74) is 0. The van der Waals surface area contributed by atoms with E-state index < -0.39 is 6.10 Å². The Labute approximate surface area is 396 Å². The summed E-state index contributed by atoms with van der Waals surface area (Å²) in [5.74, 6) is -0.978. The Bertz CT molecular complexity index is 1170. The fraction of sp³-hybridized carbons (Fsp3) is 0.776. The van der Waals surface area contributed by atoms with E-state index >= 15 is 0 Å². The van der Waals surface area contributed by atoms with Crippen molar-refractivity contribution < 1.29 is 28.6 Å². The minimum atomic E-state index is -0.810. The van der Waals surface area contributed by atoms with Gasteiger partial charge in [-0.1, -0.05) is 242 Å². The Morgan fingerprint density at radius 2 is 0.641 bits per heavy atom. The standard InChI is InChI=1S/C58H102O6/c1-4-7-10-13-16-19-22-25-26-27-28-29-30-31-32-34-36-39-42-45-48-51-57(60)63-54-55(53-62-56(59)50-47-44-41-38-35-24-21-18-15-12-9-6-3)64-58(61)52-49-46-43-40-37-33-23-20-17-14-11-8-5-2/h8,11,17,20,27-28,33,37,43,46,55H,4-7,9-10,12-16,18-19,21-26,29-32,34-36,38-42,44-45,47-54H2,1-3H3/b11-8-,20-17-,28-27-,37-33-,46-43-. The highest BCUT2D eigenvalue weighted by molar-refractivity contribution is 5.71. The molecule has 0 rings (SSSR count). The summed E-state index contributed by atoms with van der Waals surface area (Å²) in [6.07, 6.45) is 65.2. The molecule has 64 heavy (non-hydrogen) atoms. The average Bonchev–Trinajstić information content (AvgIpc) is 3.29. The summed E-state index contributed by atoms with van der Waals surface area (Å²) < 4.78 is 16.7. The van der Waals surface area contributed by atoms with E-state index in [9.17, 15) is 14.4 Å². The molecule has 0 aromatic carbocycles. The summed E-state index contributed by atoms with van der Waals surface area (Å²) >= 11 is 0. The monoisotopic (exact) mass is 895 g/mol. The lowest BCUT2D eigenvalue weighted by Crippen LogP contribution is -2.30. The first kappa shape index (κ1) is 61.1. The normalized spacial score (nSPS) is 12.5. The van der Waals surface area contributed by atoms with E-state index in [-0.39, 0.29) is 37.5 Å². The topological polar surface area (TPSA) is 78.9 Å². The zero-order valence-corrected chi connectivity index (χ0v) is 42.3.